The summed E-state index contributed by atoms with van der Waals surface area (Å²) >= 11 is 0. The Morgan fingerprint density at radius 2 is 1.61 bits per heavy atom. The summed E-state index contributed by atoms with van der Waals surface area (Å²) in [6.45, 7) is 1.02. The molecule has 0 atom stereocenters. The van der Waals surface area contributed by atoms with E-state index in [-0.39, 0.29) is 5.91 Å². The van der Waals surface area contributed by atoms with Crippen molar-refractivity contribution in [3.8, 4) is 22.8 Å². The van der Waals surface area contributed by atoms with Gasteiger partial charge in [0.25, 0.3) is 0 Å². The number of rotatable bonds is 10. The van der Waals surface area contributed by atoms with Crippen molar-refractivity contribution in [1.82, 2.24) is 4.98 Å². The molecule has 0 unspecified atom stereocenters. The van der Waals surface area contributed by atoms with Crippen LogP contribution in [0.4, 0.5) is 5.69 Å². The number of amides is 1. The van der Waals surface area contributed by atoms with Crippen molar-refractivity contribution < 1.29 is 19.0 Å². The lowest BCUT2D eigenvalue weighted by molar-refractivity contribution is -0.116. The van der Waals surface area contributed by atoms with Gasteiger partial charge in [0.15, 0.2) is 0 Å². The highest BCUT2D eigenvalue weighted by Crippen LogP contribution is 2.32. The van der Waals surface area contributed by atoms with Gasteiger partial charge >= 0.3 is 0 Å². The van der Waals surface area contributed by atoms with E-state index in [0.717, 1.165) is 44.9 Å². The van der Waals surface area contributed by atoms with Crippen molar-refractivity contribution in [3.63, 3.8) is 0 Å². The van der Waals surface area contributed by atoms with Gasteiger partial charge in [0.2, 0.25) is 5.91 Å². The van der Waals surface area contributed by atoms with E-state index >= 15 is 0 Å². The van der Waals surface area contributed by atoms with Crippen LogP contribution in [0.15, 0.2) is 72.8 Å². The molecule has 2 N–H and O–H groups in total. The molecule has 4 rings (SSSR count). The number of nitrogens with one attached hydrogen (secondary N) is 2. The molecule has 6 nitrogen and oxygen atoms in total. The fourth-order valence-corrected chi connectivity index (χ4v) is 3.80. The van der Waals surface area contributed by atoms with Gasteiger partial charge in [-0.25, -0.2) is 0 Å². The largest absolute Gasteiger partial charge is 0.497 e. The van der Waals surface area contributed by atoms with Gasteiger partial charge in [-0.15, -0.1) is 0 Å². The molecule has 0 aliphatic carbocycles. The summed E-state index contributed by atoms with van der Waals surface area (Å²) in [5.41, 5.74) is 5.03. The fourth-order valence-electron chi connectivity index (χ4n) is 3.80. The van der Waals surface area contributed by atoms with E-state index in [2.05, 4.69) is 22.4 Å². The second-order valence-electron chi connectivity index (χ2n) is 7.67. The van der Waals surface area contributed by atoms with E-state index in [1.165, 1.54) is 0 Å². The monoisotopic (exact) mass is 444 g/mol. The van der Waals surface area contributed by atoms with Crippen molar-refractivity contribution in [2.45, 2.75) is 12.8 Å². The van der Waals surface area contributed by atoms with Gasteiger partial charge in [-0.2, -0.15) is 0 Å². The molecule has 1 amide bonds. The number of methoxy groups -OCH3 is 2. The summed E-state index contributed by atoms with van der Waals surface area (Å²) in [6.07, 6.45) is 0.993. The highest BCUT2D eigenvalue weighted by atomic mass is 16.5. The third-order valence-electron chi connectivity index (χ3n) is 5.49. The summed E-state index contributed by atoms with van der Waals surface area (Å²) in [7, 11) is 3.29. The molecule has 3 aromatic carbocycles. The van der Waals surface area contributed by atoms with Crippen LogP contribution < -0.4 is 14.8 Å². The number of benzene rings is 3. The van der Waals surface area contributed by atoms with Gasteiger partial charge in [0.05, 0.1) is 13.7 Å². The number of aromatic nitrogens is 1. The molecule has 33 heavy (non-hydrogen) atoms. The molecule has 6 heteroatoms. The number of hydrogen-bond donors (Lipinski definition) is 2. The molecule has 0 fully saturated rings. The number of carbonyl (C=O) groups is 1. The Hall–Kier alpha value is -3.77. The zero-order valence-electron chi connectivity index (χ0n) is 18.9. The number of aromatic amines is 1. The average molecular weight is 445 g/mol. The van der Waals surface area contributed by atoms with Gasteiger partial charge < -0.3 is 24.5 Å². The normalized spacial score (nSPS) is 10.8. The van der Waals surface area contributed by atoms with E-state index in [9.17, 15) is 4.79 Å². The standard InChI is InChI=1S/C27H28N2O4/c1-31-17-18-33-22-13-9-20(10-14-22)28-26(30)16-15-24-23-5-3-4-6-25(23)29-27(24)19-7-11-21(32-2)12-8-19/h3-14,29H,15-18H2,1-2H3,(H,28,30). The number of anilines is 1. The first-order valence-electron chi connectivity index (χ1n) is 10.9. The Bertz CT molecular complexity index is 1200. The summed E-state index contributed by atoms with van der Waals surface area (Å²) in [4.78, 5) is 16.2. The molecule has 0 spiro atoms. The van der Waals surface area contributed by atoms with Crippen LogP contribution in [0.3, 0.4) is 0 Å². The first-order valence-corrected chi connectivity index (χ1v) is 10.9. The molecule has 0 saturated carbocycles. The number of carbonyl (C=O) groups excluding carboxylic acids is 1. The van der Waals surface area contributed by atoms with Crippen LogP contribution in [0.1, 0.15) is 12.0 Å². The highest BCUT2D eigenvalue weighted by molar-refractivity contribution is 5.94. The maximum Gasteiger partial charge on any atom is 0.224 e. The van der Waals surface area contributed by atoms with E-state index in [1.54, 1.807) is 14.2 Å². The van der Waals surface area contributed by atoms with Gasteiger partial charge in [-0.05, 0) is 72.1 Å². The van der Waals surface area contributed by atoms with E-state index in [0.29, 0.717) is 26.1 Å². The number of aryl methyl sites for hydroxylation is 1. The van der Waals surface area contributed by atoms with Crippen LogP contribution in [0, 0.1) is 0 Å². The minimum absolute atomic E-state index is 0.0333. The smallest absolute Gasteiger partial charge is 0.224 e. The zero-order chi connectivity index (χ0) is 23.0. The number of H-pyrrole nitrogens is 1. The molecular formula is C27H28N2O4. The van der Waals surface area contributed by atoms with Crippen molar-refractivity contribution in [2.24, 2.45) is 0 Å². The molecular weight excluding hydrogens is 416 g/mol. The molecule has 0 aliphatic rings. The van der Waals surface area contributed by atoms with Crippen LogP contribution >= 0.6 is 0 Å². The molecule has 1 aromatic heterocycles. The third-order valence-corrected chi connectivity index (χ3v) is 5.49. The number of fused-ring (bicyclic) bond motifs is 1. The Morgan fingerprint density at radius 3 is 2.33 bits per heavy atom. The molecule has 0 bridgehead atoms. The minimum Gasteiger partial charge on any atom is -0.497 e. The fraction of sp³-hybridized carbons (Fsp3) is 0.222. The van der Waals surface area contributed by atoms with E-state index in [4.69, 9.17) is 14.2 Å². The minimum atomic E-state index is -0.0333. The van der Waals surface area contributed by atoms with Crippen molar-refractivity contribution in [2.75, 3.05) is 32.8 Å². The van der Waals surface area contributed by atoms with E-state index < -0.39 is 0 Å². The van der Waals surface area contributed by atoms with Crippen LogP contribution in [-0.4, -0.2) is 38.3 Å². The second kappa shape index (κ2) is 10.7. The Morgan fingerprint density at radius 1 is 0.879 bits per heavy atom. The van der Waals surface area contributed by atoms with Crippen LogP contribution in [-0.2, 0) is 16.0 Å². The van der Waals surface area contributed by atoms with Crippen molar-refractivity contribution in [3.05, 3.63) is 78.4 Å². The highest BCUT2D eigenvalue weighted by Gasteiger charge is 2.15. The average Bonchev–Trinajstić information content (AvgIpc) is 3.22. The van der Waals surface area contributed by atoms with E-state index in [1.807, 2.05) is 60.7 Å². The van der Waals surface area contributed by atoms with Crippen LogP contribution in [0.25, 0.3) is 22.2 Å². The first kappa shape index (κ1) is 22.4. The van der Waals surface area contributed by atoms with Crippen molar-refractivity contribution in [1.29, 1.82) is 0 Å². The molecule has 0 aliphatic heterocycles. The predicted octanol–water partition coefficient (Wildman–Crippen LogP) is 5.44. The molecule has 0 radical (unpaired) electrons. The van der Waals surface area contributed by atoms with Gasteiger partial charge in [0, 0.05) is 35.8 Å². The first-order chi connectivity index (χ1) is 16.2. The lowest BCUT2D eigenvalue weighted by Crippen LogP contribution is -2.12. The van der Waals surface area contributed by atoms with Crippen molar-refractivity contribution >= 4 is 22.5 Å². The summed E-state index contributed by atoms with van der Waals surface area (Å²) in [5, 5.41) is 4.11. The topological polar surface area (TPSA) is 72.6 Å². The lowest BCUT2D eigenvalue weighted by atomic mass is 10.0. The quantitative estimate of drug-likeness (QED) is 0.320. The second-order valence-corrected chi connectivity index (χ2v) is 7.67. The summed E-state index contributed by atoms with van der Waals surface area (Å²) < 4.78 is 15.8. The summed E-state index contributed by atoms with van der Waals surface area (Å²) in [5.74, 6) is 1.52. The SMILES string of the molecule is COCCOc1ccc(NC(=O)CCc2c(-c3ccc(OC)cc3)[nH]c3ccccc23)cc1. The Labute approximate surface area is 193 Å². The molecule has 4 aromatic rings. The van der Waals surface area contributed by atoms with Crippen LogP contribution in [0.2, 0.25) is 0 Å². The number of para-hydroxylation sites is 1. The van der Waals surface area contributed by atoms with Gasteiger partial charge in [-0.3, -0.25) is 4.79 Å². The number of ether oxygens (including phenoxy) is 3. The van der Waals surface area contributed by atoms with Gasteiger partial charge in [-0.1, -0.05) is 18.2 Å². The number of hydrogen-bond acceptors (Lipinski definition) is 4. The predicted molar refractivity (Wildman–Crippen MR) is 131 cm³/mol. The van der Waals surface area contributed by atoms with Gasteiger partial charge in [0.1, 0.15) is 18.1 Å². The molecule has 1 heterocycles. The maximum atomic E-state index is 12.7. The molecule has 170 valence electrons. The maximum absolute atomic E-state index is 12.7. The lowest BCUT2D eigenvalue weighted by Gasteiger charge is -2.09. The zero-order valence-corrected chi connectivity index (χ0v) is 18.9. The summed E-state index contributed by atoms with van der Waals surface area (Å²) in [6, 6.07) is 23.5. The third kappa shape index (κ3) is 5.54. The molecule has 0 saturated heterocycles. The Kier molecular flexibility index (Phi) is 7.27. The van der Waals surface area contributed by atoms with Crippen LogP contribution in [0.5, 0.6) is 11.5 Å². The Balaban J connectivity index is 1.45.